The number of hydrogen-bond donors (Lipinski definition) is 1. The molecule has 20 heavy (non-hydrogen) atoms. The van der Waals surface area contributed by atoms with Crippen LogP contribution in [0.15, 0.2) is 18.2 Å². The minimum atomic E-state index is -0.403. The van der Waals surface area contributed by atoms with Crippen LogP contribution >= 0.6 is 0 Å². The van der Waals surface area contributed by atoms with Crippen LogP contribution in [0.5, 0.6) is 0 Å². The van der Waals surface area contributed by atoms with E-state index in [-0.39, 0.29) is 11.5 Å². The largest absolute Gasteiger partial charge is 0.334 e. The number of carbonyl (C=O) groups is 1. The Kier molecular flexibility index (Phi) is 3.74. The Hall–Kier alpha value is -1.42. The summed E-state index contributed by atoms with van der Waals surface area (Å²) >= 11 is 0. The predicted molar refractivity (Wildman–Crippen MR) is 76.2 cm³/mol. The summed E-state index contributed by atoms with van der Waals surface area (Å²) in [5.74, 6) is -0.557. The molecule has 1 aliphatic carbocycles. The van der Waals surface area contributed by atoms with E-state index in [1.54, 1.807) is 12.1 Å². The highest BCUT2D eigenvalue weighted by Gasteiger charge is 2.35. The average molecular weight is 276 g/mol. The molecule has 3 rings (SSSR count). The highest BCUT2D eigenvalue weighted by Crippen LogP contribution is 2.29. The zero-order chi connectivity index (χ0) is 14.1. The van der Waals surface area contributed by atoms with Crippen LogP contribution in [0.3, 0.4) is 0 Å². The molecule has 0 bridgehead atoms. The molecule has 1 N–H and O–H groups in total. The van der Waals surface area contributed by atoms with Gasteiger partial charge in [-0.1, -0.05) is 6.07 Å². The summed E-state index contributed by atoms with van der Waals surface area (Å²) in [6, 6.07) is 5.53. The number of rotatable bonds is 4. The van der Waals surface area contributed by atoms with Gasteiger partial charge in [0.1, 0.15) is 5.82 Å². The SMILES string of the molecule is Cc1ccc(C(=O)N(CC2CCCN2)C2CC2)c(F)c1. The van der Waals surface area contributed by atoms with Crippen LogP contribution in [0, 0.1) is 12.7 Å². The lowest BCUT2D eigenvalue weighted by molar-refractivity contribution is 0.0724. The minimum absolute atomic E-state index is 0.154. The molecule has 1 saturated carbocycles. The Morgan fingerprint density at radius 3 is 2.80 bits per heavy atom. The van der Waals surface area contributed by atoms with Gasteiger partial charge >= 0.3 is 0 Å². The number of benzene rings is 1. The van der Waals surface area contributed by atoms with Crippen LogP contribution in [0.25, 0.3) is 0 Å². The zero-order valence-electron chi connectivity index (χ0n) is 11.9. The van der Waals surface area contributed by atoms with E-state index in [2.05, 4.69) is 5.32 Å². The first kappa shape index (κ1) is 13.6. The number of nitrogens with zero attached hydrogens (tertiary/aromatic N) is 1. The van der Waals surface area contributed by atoms with E-state index in [4.69, 9.17) is 0 Å². The van der Waals surface area contributed by atoms with Gasteiger partial charge in [-0.15, -0.1) is 0 Å². The van der Waals surface area contributed by atoms with Gasteiger partial charge in [-0.2, -0.15) is 0 Å². The van der Waals surface area contributed by atoms with Gasteiger partial charge in [-0.05, 0) is 56.8 Å². The highest BCUT2D eigenvalue weighted by atomic mass is 19.1. The molecule has 108 valence electrons. The zero-order valence-corrected chi connectivity index (χ0v) is 11.9. The number of hydrogen-bond acceptors (Lipinski definition) is 2. The highest BCUT2D eigenvalue weighted by molar-refractivity contribution is 5.95. The van der Waals surface area contributed by atoms with Crippen molar-refractivity contribution in [2.24, 2.45) is 0 Å². The molecule has 1 unspecified atom stereocenters. The summed E-state index contributed by atoms with van der Waals surface area (Å²) in [6.45, 7) is 3.56. The molecule has 1 heterocycles. The van der Waals surface area contributed by atoms with Crippen LogP contribution in [0.4, 0.5) is 4.39 Å². The lowest BCUT2D eigenvalue weighted by Gasteiger charge is -2.26. The van der Waals surface area contributed by atoms with E-state index in [1.807, 2.05) is 11.8 Å². The predicted octanol–water partition coefficient (Wildman–Crippen LogP) is 2.49. The number of aryl methyl sites for hydroxylation is 1. The van der Waals surface area contributed by atoms with E-state index in [1.165, 1.54) is 6.07 Å². The van der Waals surface area contributed by atoms with Gasteiger partial charge in [-0.3, -0.25) is 4.79 Å². The second-order valence-corrected chi connectivity index (χ2v) is 5.97. The standard InChI is InChI=1S/C16H21FN2O/c1-11-4-7-14(15(17)9-11)16(20)19(13-5-6-13)10-12-3-2-8-18-12/h4,7,9,12-13,18H,2-3,5-6,8,10H2,1H3. The summed E-state index contributed by atoms with van der Waals surface area (Å²) < 4.78 is 14.0. The normalized spacial score (nSPS) is 22.0. The third-order valence-corrected chi connectivity index (χ3v) is 4.18. The molecule has 1 aromatic rings. The Bertz CT molecular complexity index is 507. The molecule has 1 amide bonds. The maximum Gasteiger partial charge on any atom is 0.257 e. The van der Waals surface area contributed by atoms with Crippen LogP contribution in [-0.4, -0.2) is 36.0 Å². The molecule has 0 spiro atoms. The molecule has 0 radical (unpaired) electrons. The van der Waals surface area contributed by atoms with Crippen molar-refractivity contribution in [3.63, 3.8) is 0 Å². The Morgan fingerprint density at radius 1 is 1.40 bits per heavy atom. The minimum Gasteiger partial charge on any atom is -0.334 e. The van der Waals surface area contributed by atoms with Gasteiger partial charge in [-0.25, -0.2) is 4.39 Å². The van der Waals surface area contributed by atoms with Crippen molar-refractivity contribution in [1.29, 1.82) is 0 Å². The van der Waals surface area contributed by atoms with E-state index in [0.29, 0.717) is 18.6 Å². The quantitative estimate of drug-likeness (QED) is 0.916. The molecule has 1 saturated heterocycles. The van der Waals surface area contributed by atoms with Crippen LogP contribution < -0.4 is 5.32 Å². The number of nitrogens with one attached hydrogen (secondary N) is 1. The first-order valence-corrected chi connectivity index (χ1v) is 7.45. The maximum absolute atomic E-state index is 14.0. The van der Waals surface area contributed by atoms with Crippen molar-refractivity contribution in [3.05, 3.63) is 35.1 Å². The average Bonchev–Trinajstić information content (AvgIpc) is 3.12. The smallest absolute Gasteiger partial charge is 0.257 e. The molecule has 3 nitrogen and oxygen atoms in total. The van der Waals surface area contributed by atoms with Gasteiger partial charge in [0.05, 0.1) is 5.56 Å². The summed E-state index contributed by atoms with van der Waals surface area (Å²) in [4.78, 5) is 14.5. The van der Waals surface area contributed by atoms with Crippen molar-refractivity contribution < 1.29 is 9.18 Å². The van der Waals surface area contributed by atoms with Crippen molar-refractivity contribution in [3.8, 4) is 0 Å². The van der Waals surface area contributed by atoms with E-state index >= 15 is 0 Å². The van der Waals surface area contributed by atoms with E-state index in [9.17, 15) is 9.18 Å². The van der Waals surface area contributed by atoms with Crippen LogP contribution in [0.1, 0.15) is 41.6 Å². The first-order chi connectivity index (χ1) is 9.65. The first-order valence-electron chi connectivity index (χ1n) is 7.45. The van der Waals surface area contributed by atoms with Crippen molar-refractivity contribution in [2.45, 2.75) is 44.7 Å². The summed E-state index contributed by atoms with van der Waals surface area (Å²) in [7, 11) is 0. The van der Waals surface area contributed by atoms with E-state index < -0.39 is 5.82 Å². The Morgan fingerprint density at radius 2 is 2.20 bits per heavy atom. The monoisotopic (exact) mass is 276 g/mol. The summed E-state index contributed by atoms with van der Waals surface area (Å²) in [5, 5.41) is 3.41. The molecule has 1 aliphatic heterocycles. The second-order valence-electron chi connectivity index (χ2n) is 5.97. The fourth-order valence-electron chi connectivity index (χ4n) is 2.88. The van der Waals surface area contributed by atoms with Gasteiger partial charge < -0.3 is 10.2 Å². The molecule has 2 fully saturated rings. The fraction of sp³-hybridized carbons (Fsp3) is 0.562. The lowest BCUT2D eigenvalue weighted by atomic mass is 10.1. The maximum atomic E-state index is 14.0. The fourth-order valence-corrected chi connectivity index (χ4v) is 2.88. The third kappa shape index (κ3) is 2.85. The molecule has 2 aliphatic rings. The Labute approximate surface area is 119 Å². The van der Waals surface area contributed by atoms with E-state index in [0.717, 1.165) is 37.8 Å². The van der Waals surface area contributed by atoms with Gasteiger partial charge in [0.2, 0.25) is 0 Å². The third-order valence-electron chi connectivity index (χ3n) is 4.18. The van der Waals surface area contributed by atoms with Gasteiger partial charge in [0.25, 0.3) is 5.91 Å². The lowest BCUT2D eigenvalue weighted by Crippen LogP contribution is -2.42. The van der Waals surface area contributed by atoms with Crippen LogP contribution in [0.2, 0.25) is 0 Å². The molecule has 0 aromatic heterocycles. The number of amides is 1. The topological polar surface area (TPSA) is 32.3 Å². The van der Waals surface area contributed by atoms with Crippen molar-refractivity contribution in [1.82, 2.24) is 10.2 Å². The Balaban J connectivity index is 1.77. The number of carbonyl (C=O) groups excluding carboxylic acids is 1. The van der Waals surface area contributed by atoms with Gasteiger partial charge in [0, 0.05) is 18.6 Å². The second kappa shape index (κ2) is 5.52. The summed E-state index contributed by atoms with van der Waals surface area (Å²) in [5.41, 5.74) is 1.05. The van der Waals surface area contributed by atoms with Crippen molar-refractivity contribution >= 4 is 5.91 Å². The van der Waals surface area contributed by atoms with Gasteiger partial charge in [0.15, 0.2) is 0 Å². The molecule has 1 atom stereocenters. The molecule has 4 heteroatoms. The number of halogens is 1. The van der Waals surface area contributed by atoms with Crippen LogP contribution in [-0.2, 0) is 0 Å². The summed E-state index contributed by atoms with van der Waals surface area (Å²) in [6.07, 6.45) is 4.36. The molecular formula is C16H21FN2O. The van der Waals surface area contributed by atoms with Crippen molar-refractivity contribution in [2.75, 3.05) is 13.1 Å². The molecule has 1 aromatic carbocycles. The molecular weight excluding hydrogens is 255 g/mol.